The highest BCUT2D eigenvalue weighted by Gasteiger charge is 2.37. The molecule has 2 N–H and O–H groups in total. The molecular weight excluding hydrogens is 386 g/mol. The molecule has 1 aliphatic rings. The van der Waals surface area contributed by atoms with E-state index >= 15 is 0 Å². The van der Waals surface area contributed by atoms with Crippen molar-refractivity contribution in [1.29, 1.82) is 5.26 Å². The summed E-state index contributed by atoms with van der Waals surface area (Å²) in [7, 11) is 0. The van der Waals surface area contributed by atoms with Crippen LogP contribution >= 0.6 is 11.6 Å². The predicted octanol–water partition coefficient (Wildman–Crippen LogP) is 3.57. The molecule has 8 nitrogen and oxygen atoms in total. The number of nitriles is 1. The van der Waals surface area contributed by atoms with Gasteiger partial charge in [-0.2, -0.15) is 5.26 Å². The lowest BCUT2D eigenvalue weighted by Gasteiger charge is -2.25. The molecule has 0 saturated carbocycles. The van der Waals surface area contributed by atoms with E-state index in [2.05, 4.69) is 0 Å². The van der Waals surface area contributed by atoms with E-state index in [1.807, 2.05) is 6.07 Å². The molecule has 0 bridgehead atoms. The average molecular weight is 396 g/mol. The van der Waals surface area contributed by atoms with E-state index in [9.17, 15) is 20.2 Å². The quantitative estimate of drug-likeness (QED) is 0.518. The minimum atomic E-state index is -1.03. The van der Waals surface area contributed by atoms with Gasteiger partial charge in [-0.1, -0.05) is 23.7 Å². The summed E-state index contributed by atoms with van der Waals surface area (Å²) in [6.45, 7) is 0. The van der Waals surface area contributed by atoms with Crippen LogP contribution in [0.5, 0.6) is 5.75 Å². The number of fused-ring (bicyclic) bond motifs is 2. The fourth-order valence-corrected chi connectivity index (χ4v) is 3.38. The van der Waals surface area contributed by atoms with Gasteiger partial charge in [0, 0.05) is 17.2 Å². The number of halogens is 1. The van der Waals surface area contributed by atoms with Gasteiger partial charge in [-0.25, -0.2) is 0 Å². The molecule has 2 heterocycles. The van der Waals surface area contributed by atoms with Gasteiger partial charge in [0.2, 0.25) is 17.1 Å². The number of rotatable bonds is 2. The lowest BCUT2D eigenvalue weighted by molar-refractivity contribution is -0.384. The standard InChI is InChI=1S/C19H10ClN3O5/c20-13-6-5-9(23(25)26)7-11(13)15-12(8-21)19(22)28-18-16(24)10-3-1-2-4-14(10)27-17(15)18/h1-7,15H,22H2. The van der Waals surface area contributed by atoms with Crippen LogP contribution in [0.25, 0.3) is 11.0 Å². The number of ether oxygens (including phenoxy) is 1. The van der Waals surface area contributed by atoms with E-state index in [4.69, 9.17) is 26.5 Å². The van der Waals surface area contributed by atoms with Gasteiger partial charge < -0.3 is 14.9 Å². The second kappa shape index (κ2) is 6.40. The van der Waals surface area contributed by atoms with Gasteiger partial charge in [-0.05, 0) is 23.8 Å². The second-order valence-electron chi connectivity index (χ2n) is 6.01. The summed E-state index contributed by atoms with van der Waals surface area (Å²) < 4.78 is 11.3. The number of allylic oxidation sites excluding steroid dienone is 1. The number of nitro benzene ring substituents is 1. The highest BCUT2D eigenvalue weighted by molar-refractivity contribution is 6.31. The van der Waals surface area contributed by atoms with E-state index in [0.717, 1.165) is 0 Å². The maximum atomic E-state index is 12.9. The molecule has 2 aromatic carbocycles. The topological polar surface area (TPSA) is 132 Å². The van der Waals surface area contributed by atoms with Crippen LogP contribution in [0.4, 0.5) is 5.69 Å². The van der Waals surface area contributed by atoms with Crippen molar-refractivity contribution in [2.24, 2.45) is 5.73 Å². The highest BCUT2D eigenvalue weighted by Crippen LogP contribution is 2.44. The Morgan fingerprint density at radius 1 is 1.25 bits per heavy atom. The summed E-state index contributed by atoms with van der Waals surface area (Å²) in [4.78, 5) is 23.5. The maximum Gasteiger partial charge on any atom is 0.269 e. The number of nitro groups is 1. The number of nitrogens with two attached hydrogens (primary N) is 1. The van der Waals surface area contributed by atoms with Crippen molar-refractivity contribution >= 4 is 28.3 Å². The SMILES string of the molecule is N#CC1=C(N)Oc2c(oc3ccccc3c2=O)C1c1cc([N+](=O)[O-])ccc1Cl. The predicted molar refractivity (Wildman–Crippen MR) is 99.9 cm³/mol. The summed E-state index contributed by atoms with van der Waals surface area (Å²) in [6, 6.07) is 12.2. The molecule has 28 heavy (non-hydrogen) atoms. The zero-order valence-electron chi connectivity index (χ0n) is 14.0. The fraction of sp³-hybridized carbons (Fsp3) is 0.0526. The number of nitrogens with zero attached hydrogens (tertiary/aromatic N) is 2. The molecule has 0 spiro atoms. The first kappa shape index (κ1) is 17.6. The first-order valence-electron chi connectivity index (χ1n) is 7.99. The third-order valence-electron chi connectivity index (χ3n) is 4.43. The van der Waals surface area contributed by atoms with Crippen LogP contribution in [0.15, 0.2) is 63.1 Å². The number of hydrogen-bond acceptors (Lipinski definition) is 7. The highest BCUT2D eigenvalue weighted by atomic mass is 35.5. The van der Waals surface area contributed by atoms with Gasteiger partial charge >= 0.3 is 0 Å². The Kier molecular flexibility index (Phi) is 4.02. The van der Waals surface area contributed by atoms with Crippen LogP contribution in [-0.4, -0.2) is 4.92 Å². The van der Waals surface area contributed by atoms with Crippen LogP contribution in [0.2, 0.25) is 5.02 Å². The minimum absolute atomic E-state index is 0.0110. The van der Waals surface area contributed by atoms with E-state index in [-0.39, 0.29) is 50.2 Å². The Morgan fingerprint density at radius 3 is 2.71 bits per heavy atom. The van der Waals surface area contributed by atoms with Gasteiger partial charge in [-0.15, -0.1) is 0 Å². The van der Waals surface area contributed by atoms with Crippen LogP contribution in [0, 0.1) is 21.4 Å². The molecule has 0 radical (unpaired) electrons. The first-order valence-corrected chi connectivity index (χ1v) is 8.37. The third kappa shape index (κ3) is 2.57. The van der Waals surface area contributed by atoms with Crippen molar-refractivity contribution in [2.75, 3.05) is 0 Å². The van der Waals surface area contributed by atoms with Crippen LogP contribution in [0.3, 0.4) is 0 Å². The smallest absolute Gasteiger partial charge is 0.269 e. The molecule has 0 fully saturated rings. The summed E-state index contributed by atoms with van der Waals surface area (Å²) >= 11 is 6.27. The Hall–Kier alpha value is -3.83. The van der Waals surface area contributed by atoms with Crippen molar-refractivity contribution in [3.63, 3.8) is 0 Å². The van der Waals surface area contributed by atoms with Gasteiger partial charge in [0.15, 0.2) is 5.76 Å². The lowest BCUT2D eigenvalue weighted by atomic mass is 9.87. The van der Waals surface area contributed by atoms with Gasteiger partial charge in [0.05, 0.1) is 16.2 Å². The van der Waals surface area contributed by atoms with Gasteiger partial charge in [-0.3, -0.25) is 14.9 Å². The Morgan fingerprint density at radius 2 is 2.00 bits per heavy atom. The first-order chi connectivity index (χ1) is 13.4. The van der Waals surface area contributed by atoms with Crippen LogP contribution in [-0.2, 0) is 0 Å². The van der Waals surface area contributed by atoms with E-state index in [1.165, 1.54) is 18.2 Å². The molecule has 1 aromatic heterocycles. The minimum Gasteiger partial charge on any atom is -0.456 e. The molecule has 138 valence electrons. The van der Waals surface area contributed by atoms with Crippen molar-refractivity contribution in [1.82, 2.24) is 0 Å². The molecule has 1 aliphatic heterocycles. The van der Waals surface area contributed by atoms with Crippen LogP contribution < -0.4 is 15.9 Å². The van der Waals surface area contributed by atoms with Crippen LogP contribution in [0.1, 0.15) is 17.2 Å². The molecule has 1 unspecified atom stereocenters. The number of non-ortho nitro benzene ring substituents is 1. The van der Waals surface area contributed by atoms with E-state index in [0.29, 0.717) is 0 Å². The lowest BCUT2D eigenvalue weighted by Crippen LogP contribution is -2.25. The summed E-state index contributed by atoms with van der Waals surface area (Å²) in [5.41, 5.74) is 5.59. The van der Waals surface area contributed by atoms with Crippen molar-refractivity contribution in [3.05, 3.63) is 90.6 Å². The molecule has 1 atom stereocenters. The van der Waals surface area contributed by atoms with Crippen molar-refractivity contribution in [3.8, 4) is 11.8 Å². The molecular formula is C19H10ClN3O5. The number of benzene rings is 2. The van der Waals surface area contributed by atoms with Gasteiger partial charge in [0.25, 0.3) is 5.69 Å². The third-order valence-corrected chi connectivity index (χ3v) is 4.78. The van der Waals surface area contributed by atoms with Crippen molar-refractivity contribution < 1.29 is 14.1 Å². The summed E-state index contributed by atoms with van der Waals surface area (Å²) in [5.74, 6) is -1.48. The van der Waals surface area contributed by atoms with E-state index in [1.54, 1.807) is 24.3 Å². The molecule has 0 amide bonds. The number of hydrogen-bond donors (Lipinski definition) is 1. The second-order valence-corrected chi connectivity index (χ2v) is 6.42. The normalized spacial score (nSPS) is 15.6. The Labute approximate surface area is 162 Å². The van der Waals surface area contributed by atoms with Crippen molar-refractivity contribution in [2.45, 2.75) is 5.92 Å². The molecule has 9 heteroatoms. The van der Waals surface area contributed by atoms with E-state index < -0.39 is 16.3 Å². The largest absolute Gasteiger partial charge is 0.456 e. The molecule has 3 aromatic rings. The molecule has 4 rings (SSSR count). The summed E-state index contributed by atoms with van der Waals surface area (Å²) in [6.07, 6.45) is 0. The average Bonchev–Trinajstić information content (AvgIpc) is 2.68. The monoisotopic (exact) mass is 395 g/mol. The maximum absolute atomic E-state index is 12.9. The fourth-order valence-electron chi connectivity index (χ4n) is 3.15. The zero-order valence-corrected chi connectivity index (χ0v) is 14.8. The van der Waals surface area contributed by atoms with Gasteiger partial charge in [0.1, 0.15) is 17.2 Å². The zero-order chi connectivity index (χ0) is 20.0. The Balaban J connectivity index is 2.08. The Bertz CT molecular complexity index is 1290. The summed E-state index contributed by atoms with van der Waals surface area (Å²) in [5, 5.41) is 21.2. The molecule has 0 saturated heterocycles. The number of para-hydroxylation sites is 1. The molecule has 0 aliphatic carbocycles.